The highest BCUT2D eigenvalue weighted by Crippen LogP contribution is 2.02. The number of nitrogens with one attached hydrogen (secondary N) is 4. The SMILES string of the molecule is CC(=O)NCCCCC(NC(C)=O)C(C)=O.CNC.CNC(=O)COCC(C)=O.COC(C)=O.COCC(C)=O.COCCC(C)=O.COCCCC(C)=O.CSC. The molecule has 58 heavy (non-hydrogen) atoms. The Morgan fingerprint density at radius 2 is 1.02 bits per heavy atom. The van der Waals surface area contributed by atoms with Crippen LogP contribution in [0.4, 0.5) is 0 Å². The molecule has 0 saturated carbocycles. The molecule has 18 nitrogen and oxygen atoms in total. The maximum absolute atomic E-state index is 11.2. The Kier molecular flexibility index (Phi) is 77.7. The maximum atomic E-state index is 11.2. The summed E-state index contributed by atoms with van der Waals surface area (Å²) in [4.78, 5) is 93.2. The van der Waals surface area contributed by atoms with Gasteiger partial charge in [-0.3, -0.25) is 38.4 Å². The number of rotatable bonds is 20. The standard InChI is InChI=1S/C11H20N2O3.C6H11NO3.C6H12O2.C5H10O2.C4H8O2.C3H6O2.C2H7N.C2H6S/c1-8(14)11(13-10(3)16)6-4-5-7-12-9(2)15;1-5(8)3-10-4-6(9)7-2;1-6(7)4-3-5-8-2;1-5(6)3-4-7-2;1-4(5)3-6-2;1-3(4)5-2;2*1-3-2/h11H,4-7H2,1-3H3,(H,12,15)(H,13,16);3-4H2,1-2H3,(H,7,9);3-5H2,1-2H3;3-4H2,1-2H3;3H2,1-2H3;1-2H3;3H,1-2H3;1-2H3. The Balaban J connectivity index is -0.0000000872. The molecule has 19 heteroatoms. The van der Waals surface area contributed by atoms with Crippen LogP contribution in [-0.4, -0.2) is 160 Å². The lowest BCUT2D eigenvalue weighted by atomic mass is 10.1. The first-order chi connectivity index (χ1) is 27.0. The highest BCUT2D eigenvalue weighted by atomic mass is 32.2. The van der Waals surface area contributed by atoms with Crippen LogP contribution in [0.25, 0.3) is 0 Å². The molecule has 1 unspecified atom stereocenters. The fourth-order valence-electron chi connectivity index (χ4n) is 2.63. The summed E-state index contributed by atoms with van der Waals surface area (Å²) in [7, 11) is 11.3. The molecule has 3 amide bonds. The van der Waals surface area contributed by atoms with Gasteiger partial charge in [-0.2, -0.15) is 11.8 Å². The van der Waals surface area contributed by atoms with Gasteiger partial charge in [-0.05, 0) is 86.9 Å². The van der Waals surface area contributed by atoms with Crippen molar-refractivity contribution in [3.05, 3.63) is 0 Å². The number of Topliss-reactive ketones (excluding diaryl/α,β-unsaturated/α-hetero) is 5. The average molecular weight is 861 g/mol. The Morgan fingerprint density at radius 1 is 0.569 bits per heavy atom. The Bertz CT molecular complexity index is 1030. The molecule has 346 valence electrons. The van der Waals surface area contributed by atoms with Gasteiger partial charge in [0, 0.05) is 75.1 Å². The van der Waals surface area contributed by atoms with Crippen molar-refractivity contribution in [2.75, 3.05) is 102 Å². The number of likely N-dealkylation sites (N-methyl/N-ethyl adjacent to an activating group) is 1. The van der Waals surface area contributed by atoms with E-state index in [2.05, 4.69) is 40.2 Å². The van der Waals surface area contributed by atoms with E-state index in [1.807, 2.05) is 26.6 Å². The van der Waals surface area contributed by atoms with Crippen LogP contribution in [0.15, 0.2) is 0 Å². The molecule has 0 aromatic heterocycles. The maximum Gasteiger partial charge on any atom is 0.302 e. The van der Waals surface area contributed by atoms with E-state index in [0.717, 1.165) is 19.3 Å². The molecule has 0 saturated heterocycles. The molecule has 0 aromatic carbocycles. The van der Waals surface area contributed by atoms with Crippen LogP contribution in [0.5, 0.6) is 0 Å². The van der Waals surface area contributed by atoms with Gasteiger partial charge >= 0.3 is 5.97 Å². The van der Waals surface area contributed by atoms with E-state index in [-0.39, 0.29) is 72.4 Å². The van der Waals surface area contributed by atoms with Crippen LogP contribution in [0, 0.1) is 0 Å². The third kappa shape index (κ3) is 117. The summed E-state index contributed by atoms with van der Waals surface area (Å²) in [5.74, 6) is -0.335. The first kappa shape index (κ1) is 72.0. The van der Waals surface area contributed by atoms with Gasteiger partial charge < -0.3 is 49.7 Å². The molecule has 0 aromatic rings. The third-order valence-corrected chi connectivity index (χ3v) is 5.15. The highest BCUT2D eigenvalue weighted by Gasteiger charge is 2.14. The zero-order chi connectivity index (χ0) is 47.3. The molecule has 0 radical (unpaired) electrons. The summed E-state index contributed by atoms with van der Waals surface area (Å²) >= 11 is 1.75. The van der Waals surface area contributed by atoms with E-state index < -0.39 is 6.04 Å². The van der Waals surface area contributed by atoms with Crippen molar-refractivity contribution in [1.82, 2.24) is 21.3 Å². The van der Waals surface area contributed by atoms with Crippen molar-refractivity contribution in [2.45, 2.75) is 100.0 Å². The van der Waals surface area contributed by atoms with Crippen molar-refractivity contribution < 1.29 is 66.8 Å². The quantitative estimate of drug-likeness (QED) is 0.101. The van der Waals surface area contributed by atoms with Gasteiger partial charge in [-0.15, -0.1) is 0 Å². The average Bonchev–Trinajstić information content (AvgIpc) is 3.11. The Labute approximate surface area is 353 Å². The van der Waals surface area contributed by atoms with Gasteiger partial charge in [-0.1, -0.05) is 0 Å². The molecule has 0 fully saturated rings. The van der Waals surface area contributed by atoms with E-state index in [1.165, 1.54) is 62.8 Å². The van der Waals surface area contributed by atoms with Gasteiger partial charge in [0.05, 0.1) is 19.8 Å². The lowest BCUT2D eigenvalue weighted by Crippen LogP contribution is -2.38. The van der Waals surface area contributed by atoms with E-state index in [9.17, 15) is 43.2 Å². The van der Waals surface area contributed by atoms with Crippen LogP contribution in [0.1, 0.15) is 93.9 Å². The third-order valence-electron chi connectivity index (χ3n) is 5.15. The summed E-state index contributed by atoms with van der Waals surface area (Å²) in [6.07, 6.45) is 8.35. The number of amides is 3. The van der Waals surface area contributed by atoms with Gasteiger partial charge in [0.1, 0.15) is 31.4 Å². The van der Waals surface area contributed by atoms with Crippen LogP contribution in [0.3, 0.4) is 0 Å². The van der Waals surface area contributed by atoms with E-state index in [4.69, 9.17) is 4.74 Å². The van der Waals surface area contributed by atoms with Crippen molar-refractivity contribution in [3.63, 3.8) is 0 Å². The molecule has 0 heterocycles. The fourth-order valence-corrected chi connectivity index (χ4v) is 2.63. The number of ether oxygens (including phenoxy) is 5. The normalized spacial score (nSPS) is 9.19. The molecule has 0 rings (SSSR count). The summed E-state index contributed by atoms with van der Waals surface area (Å²) in [5, 5.41) is 10.4. The smallest absolute Gasteiger partial charge is 0.302 e. The van der Waals surface area contributed by atoms with Gasteiger partial charge in [0.15, 0.2) is 17.3 Å². The first-order valence-corrected chi connectivity index (χ1v) is 19.9. The number of hydrogen-bond acceptors (Lipinski definition) is 16. The van der Waals surface area contributed by atoms with Crippen molar-refractivity contribution >= 4 is 64.4 Å². The van der Waals surface area contributed by atoms with E-state index in [0.29, 0.717) is 39.0 Å². The van der Waals surface area contributed by atoms with Gasteiger partial charge in [0.2, 0.25) is 17.7 Å². The first-order valence-electron chi connectivity index (χ1n) is 18.3. The Morgan fingerprint density at radius 3 is 1.28 bits per heavy atom. The lowest BCUT2D eigenvalue weighted by molar-refractivity contribution is -0.138. The van der Waals surface area contributed by atoms with Crippen molar-refractivity contribution in [3.8, 4) is 0 Å². The van der Waals surface area contributed by atoms with Crippen molar-refractivity contribution in [2.24, 2.45) is 0 Å². The second-order valence-electron chi connectivity index (χ2n) is 11.7. The largest absolute Gasteiger partial charge is 0.469 e. The molecule has 0 aliphatic heterocycles. The monoisotopic (exact) mass is 861 g/mol. The number of esters is 1. The summed E-state index contributed by atoms with van der Waals surface area (Å²) in [5.41, 5.74) is 0. The number of ketones is 5. The van der Waals surface area contributed by atoms with Gasteiger partial charge in [-0.25, -0.2) is 0 Å². The van der Waals surface area contributed by atoms with E-state index in [1.54, 1.807) is 39.8 Å². The van der Waals surface area contributed by atoms with Crippen LogP contribution < -0.4 is 21.3 Å². The molecular formula is C39H80N4O14S. The zero-order valence-electron chi connectivity index (χ0n) is 38.7. The van der Waals surface area contributed by atoms with Crippen LogP contribution in [-0.2, 0) is 66.8 Å². The Hall–Kier alpha value is -3.62. The molecule has 0 bridgehead atoms. The molecule has 1 atom stereocenters. The number of thioether (sulfide) groups is 1. The topological polar surface area (TPSA) is 248 Å². The van der Waals surface area contributed by atoms with Crippen LogP contribution in [0.2, 0.25) is 0 Å². The minimum atomic E-state index is -0.394. The lowest BCUT2D eigenvalue weighted by Gasteiger charge is -2.14. The zero-order valence-corrected chi connectivity index (χ0v) is 39.5. The fraction of sp³-hybridized carbons (Fsp3) is 0.769. The number of methoxy groups -OCH3 is 4. The molecule has 0 aliphatic carbocycles. The second-order valence-corrected chi connectivity index (χ2v) is 12.5. The number of hydrogen-bond donors (Lipinski definition) is 4. The number of carbonyl (C=O) groups is 9. The predicted octanol–water partition coefficient (Wildman–Crippen LogP) is 2.55. The minimum absolute atomic E-state index is 0.00736. The number of unbranched alkanes of at least 4 members (excludes halogenated alkanes) is 1. The molecule has 4 N–H and O–H groups in total. The molecular weight excluding hydrogens is 781 g/mol. The highest BCUT2D eigenvalue weighted by molar-refractivity contribution is 7.97. The number of carbonyl (C=O) groups excluding carboxylic acids is 9. The predicted molar refractivity (Wildman–Crippen MR) is 230 cm³/mol. The summed E-state index contributed by atoms with van der Waals surface area (Å²) in [6, 6.07) is -0.394. The minimum Gasteiger partial charge on any atom is -0.469 e. The van der Waals surface area contributed by atoms with Crippen molar-refractivity contribution in [1.29, 1.82) is 0 Å². The molecule has 0 spiro atoms. The van der Waals surface area contributed by atoms with Crippen LogP contribution >= 0.6 is 11.8 Å². The summed E-state index contributed by atoms with van der Waals surface area (Å²) < 4.78 is 22.6. The van der Waals surface area contributed by atoms with E-state index >= 15 is 0 Å². The summed E-state index contributed by atoms with van der Waals surface area (Å²) in [6.45, 7) is 13.8. The van der Waals surface area contributed by atoms with Gasteiger partial charge in [0.25, 0.3) is 0 Å². The molecule has 0 aliphatic rings. The second kappa shape index (κ2) is 62.6.